The zero-order chi connectivity index (χ0) is 11.6. The molecular weight excluding hydrogens is 200 g/mol. The quantitative estimate of drug-likeness (QED) is 0.521. The van der Waals surface area contributed by atoms with Gasteiger partial charge in [0.25, 0.3) is 0 Å². The lowest BCUT2D eigenvalue weighted by molar-refractivity contribution is 0.425. The minimum absolute atomic E-state index is 0.0936. The Labute approximate surface area is 87.2 Å². The number of rotatable bonds is 5. The largest absolute Gasteiger partial charge is 0.273 e. The van der Waals surface area contributed by atoms with Gasteiger partial charge in [0.2, 0.25) is 0 Å². The molecule has 0 heterocycles. The van der Waals surface area contributed by atoms with Crippen molar-refractivity contribution < 1.29 is 8.42 Å². The predicted molar refractivity (Wildman–Crippen MR) is 62.1 cm³/mol. The molecule has 0 fully saturated rings. The van der Waals surface area contributed by atoms with Gasteiger partial charge < -0.3 is 0 Å². The molecule has 0 aliphatic carbocycles. The summed E-state index contributed by atoms with van der Waals surface area (Å²) in [6.45, 7) is 9.50. The Morgan fingerprint density at radius 2 is 1.93 bits per heavy atom. The lowest BCUT2D eigenvalue weighted by Crippen LogP contribution is -2.19. The van der Waals surface area contributed by atoms with Crippen LogP contribution in [0.5, 0.6) is 0 Å². The summed E-state index contributed by atoms with van der Waals surface area (Å²) in [4.78, 5) is 0. The second kappa shape index (κ2) is 8.74. The van der Waals surface area contributed by atoms with Crippen LogP contribution in [0.15, 0.2) is 17.4 Å². The van der Waals surface area contributed by atoms with E-state index in [2.05, 4.69) is 11.8 Å². The summed E-state index contributed by atoms with van der Waals surface area (Å²) in [5, 5.41) is 5.10. The third-order valence-electron chi connectivity index (χ3n) is 1.19. The lowest BCUT2D eigenvalue weighted by atomic mass is 10.6. The Bertz CT molecular complexity index is 258. The van der Waals surface area contributed by atoms with E-state index in [1.54, 1.807) is 12.3 Å². The van der Waals surface area contributed by atoms with Crippen molar-refractivity contribution in [2.75, 3.05) is 18.6 Å². The van der Waals surface area contributed by atoms with Crippen LogP contribution in [-0.4, -0.2) is 38.7 Å². The molecule has 0 saturated carbocycles. The van der Waals surface area contributed by atoms with Crippen LogP contribution in [0.25, 0.3) is 0 Å². The third-order valence-corrected chi connectivity index (χ3v) is 2.12. The zero-order valence-corrected chi connectivity index (χ0v) is 10.2. The molecule has 0 N–H and O–H groups in total. The van der Waals surface area contributed by atoms with Crippen LogP contribution in [0, 0.1) is 0 Å². The molecule has 0 aliphatic rings. The zero-order valence-electron chi connectivity index (χ0n) is 9.40. The first kappa shape index (κ1) is 15.6. The van der Waals surface area contributed by atoms with Gasteiger partial charge in [0, 0.05) is 19.2 Å². The van der Waals surface area contributed by atoms with Gasteiger partial charge in [0.05, 0.1) is 12.3 Å². The van der Waals surface area contributed by atoms with E-state index in [0.717, 1.165) is 0 Å². The van der Waals surface area contributed by atoms with E-state index in [0.29, 0.717) is 6.54 Å². The van der Waals surface area contributed by atoms with E-state index in [1.165, 1.54) is 11.3 Å². The number of nitrogens with zero attached hydrogens (tertiary/aromatic N) is 2. The molecule has 4 nitrogen and oxygen atoms in total. The van der Waals surface area contributed by atoms with Crippen molar-refractivity contribution in [1.29, 1.82) is 0 Å². The SMILES string of the molecule is C=NN(/C=C\C)CCS(C)(=O)=O.CC. The van der Waals surface area contributed by atoms with Crippen molar-refractivity contribution in [2.45, 2.75) is 20.8 Å². The van der Waals surface area contributed by atoms with E-state index in [9.17, 15) is 8.42 Å². The molecular formula is C9H20N2O2S. The van der Waals surface area contributed by atoms with Crippen LogP contribution in [-0.2, 0) is 9.84 Å². The average Bonchev–Trinajstić information content (AvgIpc) is 2.14. The van der Waals surface area contributed by atoms with Gasteiger partial charge in [0.15, 0.2) is 0 Å². The summed E-state index contributed by atoms with van der Waals surface area (Å²) < 4.78 is 21.5. The van der Waals surface area contributed by atoms with Crippen LogP contribution in [0.2, 0.25) is 0 Å². The number of hydrogen-bond donors (Lipinski definition) is 0. The fourth-order valence-corrected chi connectivity index (χ4v) is 1.14. The van der Waals surface area contributed by atoms with Crippen molar-refractivity contribution in [3.63, 3.8) is 0 Å². The Morgan fingerprint density at radius 3 is 2.21 bits per heavy atom. The predicted octanol–water partition coefficient (Wildman–Crippen LogP) is 1.51. The molecule has 0 bridgehead atoms. The minimum Gasteiger partial charge on any atom is -0.273 e. The summed E-state index contributed by atoms with van der Waals surface area (Å²) in [7, 11) is -2.91. The van der Waals surface area contributed by atoms with Gasteiger partial charge in [-0.3, -0.25) is 5.01 Å². The molecule has 0 atom stereocenters. The van der Waals surface area contributed by atoms with Gasteiger partial charge in [-0.2, -0.15) is 5.10 Å². The number of sulfone groups is 1. The van der Waals surface area contributed by atoms with Crippen LogP contribution in [0.1, 0.15) is 20.8 Å². The Morgan fingerprint density at radius 1 is 1.43 bits per heavy atom. The molecule has 0 unspecified atom stereocenters. The first-order valence-corrected chi connectivity index (χ1v) is 6.59. The first-order chi connectivity index (χ1) is 6.49. The van der Waals surface area contributed by atoms with Gasteiger partial charge in [-0.1, -0.05) is 19.9 Å². The maximum absolute atomic E-state index is 10.7. The standard InChI is InChI=1S/C7H14N2O2S.C2H6/c1-4-5-9(8-2)6-7-12(3,10)11;1-2/h4-5H,2,6-7H2,1,3H3;1-2H3/b5-4-;. The smallest absolute Gasteiger partial charge is 0.149 e. The second-order valence-corrected chi connectivity index (χ2v) is 4.68. The summed E-state index contributed by atoms with van der Waals surface area (Å²) in [5.74, 6) is 0.0936. The molecule has 5 heteroatoms. The van der Waals surface area contributed by atoms with Crippen molar-refractivity contribution in [2.24, 2.45) is 5.10 Å². The molecule has 14 heavy (non-hydrogen) atoms. The molecule has 0 aromatic heterocycles. The van der Waals surface area contributed by atoms with Gasteiger partial charge in [0.1, 0.15) is 9.84 Å². The molecule has 84 valence electrons. The van der Waals surface area contributed by atoms with Crippen molar-refractivity contribution in [3.8, 4) is 0 Å². The fourth-order valence-electron chi connectivity index (χ4n) is 0.624. The van der Waals surface area contributed by atoms with E-state index < -0.39 is 9.84 Å². The molecule has 0 radical (unpaired) electrons. The highest BCUT2D eigenvalue weighted by molar-refractivity contribution is 7.90. The molecule has 0 saturated heterocycles. The van der Waals surface area contributed by atoms with E-state index in [4.69, 9.17) is 0 Å². The van der Waals surface area contributed by atoms with Crippen molar-refractivity contribution >= 4 is 16.6 Å². The number of hydrogen-bond acceptors (Lipinski definition) is 4. The first-order valence-electron chi connectivity index (χ1n) is 4.53. The fraction of sp³-hybridized carbons (Fsp3) is 0.667. The highest BCUT2D eigenvalue weighted by Gasteiger charge is 2.03. The van der Waals surface area contributed by atoms with Crippen molar-refractivity contribution in [3.05, 3.63) is 12.3 Å². The molecule has 0 aromatic rings. The van der Waals surface area contributed by atoms with Gasteiger partial charge in [-0.25, -0.2) is 8.42 Å². The average molecular weight is 220 g/mol. The molecule has 0 aromatic carbocycles. The third kappa shape index (κ3) is 11.2. The summed E-state index contributed by atoms with van der Waals surface area (Å²) in [6.07, 6.45) is 4.65. The van der Waals surface area contributed by atoms with Crippen LogP contribution < -0.4 is 0 Å². The monoisotopic (exact) mass is 220 g/mol. The highest BCUT2D eigenvalue weighted by atomic mass is 32.2. The highest BCUT2D eigenvalue weighted by Crippen LogP contribution is 1.92. The van der Waals surface area contributed by atoms with Crippen LogP contribution >= 0.6 is 0 Å². The maximum Gasteiger partial charge on any atom is 0.149 e. The normalized spacial score (nSPS) is 10.6. The molecule has 0 rings (SSSR count). The summed E-state index contributed by atoms with van der Waals surface area (Å²) >= 11 is 0. The van der Waals surface area contributed by atoms with Gasteiger partial charge in [-0.15, -0.1) is 0 Å². The molecule has 0 amide bonds. The van der Waals surface area contributed by atoms with E-state index in [-0.39, 0.29) is 5.75 Å². The van der Waals surface area contributed by atoms with Crippen molar-refractivity contribution in [1.82, 2.24) is 5.01 Å². The summed E-state index contributed by atoms with van der Waals surface area (Å²) in [5.41, 5.74) is 0. The summed E-state index contributed by atoms with van der Waals surface area (Å²) in [6, 6.07) is 0. The van der Waals surface area contributed by atoms with Gasteiger partial charge in [-0.05, 0) is 6.92 Å². The minimum atomic E-state index is -2.91. The maximum atomic E-state index is 10.7. The second-order valence-electron chi connectivity index (χ2n) is 2.42. The topological polar surface area (TPSA) is 49.7 Å². The van der Waals surface area contributed by atoms with E-state index >= 15 is 0 Å². The Balaban J connectivity index is 0. The van der Waals surface area contributed by atoms with Gasteiger partial charge >= 0.3 is 0 Å². The van der Waals surface area contributed by atoms with E-state index in [1.807, 2.05) is 20.8 Å². The molecule has 0 aliphatic heterocycles. The van der Waals surface area contributed by atoms with Crippen LogP contribution in [0.3, 0.4) is 0 Å². The Kier molecular flexibility index (Phi) is 9.76. The van der Waals surface area contributed by atoms with Crippen LogP contribution in [0.4, 0.5) is 0 Å². The Hall–Kier alpha value is -0.840. The number of allylic oxidation sites excluding steroid dienone is 1. The number of hydrazone groups is 1. The molecule has 0 spiro atoms. The lowest BCUT2D eigenvalue weighted by Gasteiger charge is -2.11.